The first-order valence-corrected chi connectivity index (χ1v) is 15.6. The zero-order chi connectivity index (χ0) is 23.6. The number of carbonyl (C=O) groups is 1. The molecule has 0 amide bonds. The van der Waals surface area contributed by atoms with E-state index >= 15 is 0 Å². The second-order valence-corrected chi connectivity index (χ2v) is 15.9. The monoisotopic (exact) mass is 484 g/mol. The molecular weight excluding hydrogens is 452 g/mol. The summed E-state index contributed by atoms with van der Waals surface area (Å²) in [5.74, 6) is 0.710. The highest BCUT2D eigenvalue weighted by atomic mass is 32.3. The first-order valence-electron chi connectivity index (χ1n) is 11.5. The Balaban J connectivity index is 1.48. The fourth-order valence-electron chi connectivity index (χ4n) is 6.35. The third-order valence-corrected chi connectivity index (χ3v) is 12.4. The molecule has 0 saturated heterocycles. The minimum Gasteiger partial charge on any atom is -0.299 e. The lowest BCUT2D eigenvalue weighted by Gasteiger charge is -2.38. The Labute approximate surface area is 198 Å². The molecule has 0 aliphatic heterocycles. The molecule has 0 radical (unpaired) electrons. The van der Waals surface area contributed by atoms with Gasteiger partial charge in [-0.15, -0.1) is 10.3 Å². The van der Waals surface area contributed by atoms with Crippen molar-refractivity contribution in [1.29, 1.82) is 0 Å². The standard InChI is InChI=1S/C27H32O4S2/c1-26(2)21-13-14-27(26,25(28)16-21)18-33(29,30)31-32(3,4)17-24-22-11-7-5-9-19(22)15-20-10-6-8-12-23(20)24/h5-12,15,21H,13-14,16-18H2,1-4H3. The Morgan fingerprint density at radius 2 is 1.55 bits per heavy atom. The van der Waals surface area contributed by atoms with Crippen LogP contribution >= 0.6 is 10.3 Å². The van der Waals surface area contributed by atoms with E-state index in [0.29, 0.717) is 18.6 Å². The molecule has 0 spiro atoms. The minimum atomic E-state index is -3.88. The van der Waals surface area contributed by atoms with Crippen LogP contribution in [0.5, 0.6) is 0 Å². The summed E-state index contributed by atoms with van der Waals surface area (Å²) in [7, 11) is -5.87. The van der Waals surface area contributed by atoms with Crippen molar-refractivity contribution < 1.29 is 16.8 Å². The lowest BCUT2D eigenvalue weighted by atomic mass is 9.70. The smallest absolute Gasteiger partial charge is 0.277 e. The van der Waals surface area contributed by atoms with Crippen LogP contribution < -0.4 is 0 Å². The number of ketones is 1. The van der Waals surface area contributed by atoms with Crippen molar-refractivity contribution >= 4 is 47.8 Å². The van der Waals surface area contributed by atoms with E-state index in [2.05, 4.69) is 44.2 Å². The van der Waals surface area contributed by atoms with E-state index in [4.69, 9.17) is 3.63 Å². The molecule has 2 atom stereocenters. The molecule has 3 aromatic carbocycles. The Morgan fingerprint density at radius 3 is 2.06 bits per heavy atom. The maximum atomic E-state index is 13.4. The van der Waals surface area contributed by atoms with Gasteiger partial charge < -0.3 is 0 Å². The van der Waals surface area contributed by atoms with Gasteiger partial charge in [0.15, 0.2) is 0 Å². The quantitative estimate of drug-likeness (QED) is 0.390. The van der Waals surface area contributed by atoms with E-state index in [1.807, 2.05) is 36.8 Å². The van der Waals surface area contributed by atoms with Gasteiger partial charge in [-0.05, 0) is 69.9 Å². The van der Waals surface area contributed by atoms with E-state index in [1.54, 1.807) is 0 Å². The van der Waals surface area contributed by atoms with Crippen LogP contribution in [0.1, 0.15) is 38.7 Å². The normalized spacial score (nSPS) is 25.2. The summed E-state index contributed by atoms with van der Waals surface area (Å²) in [6.07, 6.45) is 5.90. The van der Waals surface area contributed by atoms with Crippen molar-refractivity contribution in [1.82, 2.24) is 0 Å². The van der Waals surface area contributed by atoms with Crippen LogP contribution in [0.4, 0.5) is 0 Å². The van der Waals surface area contributed by atoms with Crippen molar-refractivity contribution in [3.63, 3.8) is 0 Å². The molecule has 0 aromatic heterocycles. The van der Waals surface area contributed by atoms with Crippen LogP contribution in [0.3, 0.4) is 0 Å². The van der Waals surface area contributed by atoms with Crippen LogP contribution in [0, 0.1) is 16.7 Å². The molecular formula is C27H32O4S2. The van der Waals surface area contributed by atoms with Crippen LogP contribution in [0.2, 0.25) is 0 Å². The summed E-state index contributed by atoms with van der Waals surface area (Å²) in [5.41, 5.74) is 0.0135. The maximum Gasteiger partial charge on any atom is 0.277 e. The van der Waals surface area contributed by atoms with Gasteiger partial charge in [-0.2, -0.15) is 8.42 Å². The van der Waals surface area contributed by atoms with Crippen molar-refractivity contribution in [3.8, 4) is 0 Å². The number of Topliss-reactive ketones (excluding diaryl/α,β-unsaturated/α-hetero) is 1. The molecule has 2 aliphatic rings. The number of hydrogen-bond acceptors (Lipinski definition) is 4. The van der Waals surface area contributed by atoms with Gasteiger partial charge in [-0.1, -0.05) is 62.4 Å². The van der Waals surface area contributed by atoms with Gasteiger partial charge in [0, 0.05) is 12.2 Å². The van der Waals surface area contributed by atoms with Crippen molar-refractivity contribution in [3.05, 3.63) is 60.2 Å². The molecule has 0 heterocycles. The molecule has 2 saturated carbocycles. The molecule has 3 aromatic rings. The molecule has 5 rings (SSSR count). The molecule has 176 valence electrons. The number of benzene rings is 3. The highest BCUT2D eigenvalue weighted by Crippen LogP contribution is 2.64. The first-order chi connectivity index (χ1) is 15.4. The Morgan fingerprint density at radius 1 is 0.970 bits per heavy atom. The molecule has 2 bridgehead atoms. The third-order valence-electron chi connectivity index (χ3n) is 8.22. The Bertz CT molecular complexity index is 1320. The van der Waals surface area contributed by atoms with Gasteiger partial charge in [0.1, 0.15) is 5.78 Å². The summed E-state index contributed by atoms with van der Waals surface area (Å²) in [6.45, 7) is 4.12. The van der Waals surface area contributed by atoms with Gasteiger partial charge in [0.2, 0.25) is 0 Å². The number of rotatable bonds is 6. The lowest BCUT2D eigenvalue weighted by molar-refractivity contribution is -0.128. The fraction of sp³-hybridized carbons (Fsp3) is 0.444. The second-order valence-electron chi connectivity index (χ2n) is 10.8. The van der Waals surface area contributed by atoms with E-state index in [-0.39, 0.29) is 22.9 Å². The average Bonchev–Trinajstić information content (AvgIpc) is 3.06. The van der Waals surface area contributed by atoms with Gasteiger partial charge in [-0.3, -0.25) is 4.79 Å². The highest BCUT2D eigenvalue weighted by Gasteiger charge is 2.65. The highest BCUT2D eigenvalue weighted by molar-refractivity contribution is 8.31. The molecule has 6 heteroatoms. The molecule has 4 nitrogen and oxygen atoms in total. The maximum absolute atomic E-state index is 13.4. The average molecular weight is 485 g/mol. The van der Waals surface area contributed by atoms with Crippen LogP contribution in [-0.2, 0) is 24.3 Å². The predicted molar refractivity (Wildman–Crippen MR) is 138 cm³/mol. The van der Waals surface area contributed by atoms with Gasteiger partial charge in [-0.25, -0.2) is 3.63 Å². The summed E-state index contributed by atoms with van der Waals surface area (Å²) in [4.78, 5) is 12.9. The van der Waals surface area contributed by atoms with Crippen molar-refractivity contribution in [2.75, 3.05) is 18.3 Å². The molecule has 2 unspecified atom stereocenters. The number of carbonyl (C=O) groups excluding carboxylic acids is 1. The van der Waals surface area contributed by atoms with E-state index in [9.17, 15) is 13.2 Å². The zero-order valence-corrected chi connectivity index (χ0v) is 21.4. The van der Waals surface area contributed by atoms with Crippen molar-refractivity contribution in [2.24, 2.45) is 16.7 Å². The zero-order valence-electron chi connectivity index (χ0n) is 19.8. The van der Waals surface area contributed by atoms with Crippen molar-refractivity contribution in [2.45, 2.75) is 38.9 Å². The van der Waals surface area contributed by atoms with Crippen LogP contribution in [-0.4, -0.2) is 32.5 Å². The van der Waals surface area contributed by atoms with E-state index in [0.717, 1.165) is 33.5 Å². The topological polar surface area (TPSA) is 60.4 Å². The number of hydrogen-bond donors (Lipinski definition) is 0. The van der Waals surface area contributed by atoms with Crippen LogP contribution in [0.25, 0.3) is 21.5 Å². The summed E-state index contributed by atoms with van der Waals surface area (Å²) in [6, 6.07) is 18.6. The molecule has 2 fully saturated rings. The summed E-state index contributed by atoms with van der Waals surface area (Å²) < 4.78 is 32.7. The predicted octanol–water partition coefficient (Wildman–Crippen LogP) is 6.21. The Hall–Kier alpha value is -1.89. The van der Waals surface area contributed by atoms with Crippen LogP contribution in [0.15, 0.2) is 54.6 Å². The first kappa shape index (κ1) is 22.9. The van der Waals surface area contributed by atoms with E-state index in [1.165, 1.54) is 0 Å². The largest absolute Gasteiger partial charge is 0.299 e. The summed E-state index contributed by atoms with van der Waals surface area (Å²) >= 11 is 0. The SMILES string of the molecule is CC1(C)C2CCC1(CS(=O)(=O)OS(C)(C)Cc1c3ccccc3cc3ccccc13)C(=O)C2. The van der Waals surface area contributed by atoms with Gasteiger partial charge in [0.05, 0.1) is 11.2 Å². The Kier molecular flexibility index (Phi) is 5.24. The molecule has 2 aliphatic carbocycles. The lowest BCUT2D eigenvalue weighted by Crippen LogP contribution is -2.42. The third kappa shape index (κ3) is 3.71. The van der Waals surface area contributed by atoms with Gasteiger partial charge in [0.25, 0.3) is 10.1 Å². The summed E-state index contributed by atoms with van der Waals surface area (Å²) in [5, 5.41) is 4.53. The molecule has 33 heavy (non-hydrogen) atoms. The van der Waals surface area contributed by atoms with Gasteiger partial charge >= 0.3 is 0 Å². The number of fused-ring (bicyclic) bond motifs is 4. The minimum absolute atomic E-state index is 0.101. The fourth-order valence-corrected chi connectivity index (χ4v) is 11.3. The van der Waals surface area contributed by atoms with E-state index < -0.39 is 25.8 Å². The second kappa shape index (κ2) is 7.56. The molecule has 0 N–H and O–H groups in total.